The van der Waals surface area contributed by atoms with Crippen molar-refractivity contribution < 1.29 is 27.5 Å². The van der Waals surface area contributed by atoms with Gasteiger partial charge in [-0.3, -0.25) is 0 Å². The second-order valence-corrected chi connectivity index (χ2v) is 5.46. The van der Waals surface area contributed by atoms with Crippen molar-refractivity contribution in [3.8, 4) is 0 Å². The number of hydrogen-bond donors (Lipinski definition) is 2. The Kier molecular flexibility index (Phi) is 5.05. The van der Waals surface area contributed by atoms with Crippen molar-refractivity contribution in [1.29, 1.82) is 0 Å². The predicted octanol–water partition coefficient (Wildman–Crippen LogP) is 3.37. The van der Waals surface area contributed by atoms with Crippen LogP contribution in [0.25, 0.3) is 0 Å². The molecule has 0 aromatic heterocycles. The highest BCUT2D eigenvalue weighted by molar-refractivity contribution is 5.73. The first kappa shape index (κ1) is 16.7. The lowest BCUT2D eigenvalue weighted by atomic mass is 9.79. The van der Waals surface area contributed by atoms with Crippen molar-refractivity contribution in [2.24, 2.45) is 0 Å². The summed E-state index contributed by atoms with van der Waals surface area (Å²) in [5, 5.41) is 10.5. The Balaban J connectivity index is 0.000000217. The van der Waals surface area contributed by atoms with Gasteiger partial charge in [0.1, 0.15) is 5.82 Å². The summed E-state index contributed by atoms with van der Waals surface area (Å²) in [7, 11) is 0. The molecule has 2 N–H and O–H groups in total. The predicted molar refractivity (Wildman–Crippen MR) is 72.1 cm³/mol. The fraction of sp³-hybridized carbons (Fsp3) is 0.533. The van der Waals surface area contributed by atoms with E-state index in [1.54, 1.807) is 6.07 Å². The molecule has 1 aromatic carbocycles. The molecule has 3 rings (SSSR count). The van der Waals surface area contributed by atoms with Crippen molar-refractivity contribution in [2.45, 2.75) is 44.3 Å². The van der Waals surface area contributed by atoms with Crippen molar-refractivity contribution in [1.82, 2.24) is 5.32 Å². The molecule has 122 valence electrons. The third-order valence-corrected chi connectivity index (χ3v) is 4.01. The van der Waals surface area contributed by atoms with Gasteiger partial charge in [0.2, 0.25) is 0 Å². The molecule has 0 saturated carbocycles. The maximum atomic E-state index is 13.7. The highest BCUT2D eigenvalue weighted by atomic mass is 19.4. The zero-order valence-electron chi connectivity index (χ0n) is 11.8. The summed E-state index contributed by atoms with van der Waals surface area (Å²) in [6.45, 7) is 1.99. The highest BCUT2D eigenvalue weighted by Gasteiger charge is 2.38. The van der Waals surface area contributed by atoms with Gasteiger partial charge in [-0.2, -0.15) is 13.2 Å². The van der Waals surface area contributed by atoms with E-state index in [0.29, 0.717) is 5.92 Å². The van der Waals surface area contributed by atoms with Crippen LogP contribution in [0.4, 0.5) is 17.6 Å². The number of alkyl halides is 3. The third-order valence-electron chi connectivity index (χ3n) is 4.01. The number of carbonyl (C=O) groups is 1. The van der Waals surface area contributed by atoms with Crippen molar-refractivity contribution in [3.63, 3.8) is 0 Å². The standard InChI is InChI=1S/C13H16FN.C2HF3O2/c14-12-5-4-10-8-15-7-6-9-2-1-3-11(12)13(9)10;3-2(4,5)1(6)7/h4-5,9,15H,1-3,6-8H2;(H,6,7). The number of carboxylic acids is 1. The Hall–Kier alpha value is -1.63. The summed E-state index contributed by atoms with van der Waals surface area (Å²) >= 11 is 0. The highest BCUT2D eigenvalue weighted by Crippen LogP contribution is 2.38. The van der Waals surface area contributed by atoms with Crippen LogP contribution in [0.2, 0.25) is 0 Å². The van der Waals surface area contributed by atoms with E-state index in [2.05, 4.69) is 5.32 Å². The van der Waals surface area contributed by atoms with Crippen LogP contribution in [0.1, 0.15) is 41.9 Å². The van der Waals surface area contributed by atoms with Crippen molar-refractivity contribution in [2.75, 3.05) is 6.54 Å². The Labute approximate surface area is 125 Å². The Morgan fingerprint density at radius 2 is 1.95 bits per heavy atom. The van der Waals surface area contributed by atoms with Gasteiger partial charge in [0.25, 0.3) is 0 Å². The van der Waals surface area contributed by atoms with Crippen LogP contribution in [0.3, 0.4) is 0 Å². The van der Waals surface area contributed by atoms with E-state index < -0.39 is 12.1 Å². The number of nitrogens with one attached hydrogen (secondary N) is 1. The maximum Gasteiger partial charge on any atom is 0.490 e. The monoisotopic (exact) mass is 319 g/mol. The summed E-state index contributed by atoms with van der Waals surface area (Å²) in [4.78, 5) is 8.90. The lowest BCUT2D eigenvalue weighted by molar-refractivity contribution is -0.192. The summed E-state index contributed by atoms with van der Waals surface area (Å²) in [6, 6.07) is 3.61. The van der Waals surface area contributed by atoms with Gasteiger partial charge in [0.05, 0.1) is 0 Å². The summed E-state index contributed by atoms with van der Waals surface area (Å²) < 4.78 is 45.4. The normalized spacial score (nSPS) is 20.3. The molecule has 1 aliphatic carbocycles. The molecule has 0 saturated heterocycles. The molecule has 0 spiro atoms. The first-order valence-corrected chi connectivity index (χ1v) is 7.11. The number of rotatable bonds is 0. The van der Waals surface area contributed by atoms with E-state index in [1.807, 2.05) is 6.07 Å². The second-order valence-electron chi connectivity index (χ2n) is 5.46. The van der Waals surface area contributed by atoms with E-state index in [1.165, 1.54) is 24.0 Å². The minimum absolute atomic E-state index is 0.0142. The molecule has 0 bridgehead atoms. The molecule has 3 nitrogen and oxygen atoms in total. The number of halogens is 4. The average molecular weight is 319 g/mol. The van der Waals surface area contributed by atoms with E-state index in [4.69, 9.17) is 9.90 Å². The summed E-state index contributed by atoms with van der Waals surface area (Å²) in [5.41, 5.74) is 3.67. The quantitative estimate of drug-likeness (QED) is 0.721. The van der Waals surface area contributed by atoms with Crippen LogP contribution >= 0.6 is 0 Å². The van der Waals surface area contributed by atoms with Gasteiger partial charge in [0.15, 0.2) is 0 Å². The molecule has 0 radical (unpaired) electrons. The molecule has 1 unspecified atom stereocenters. The van der Waals surface area contributed by atoms with Gasteiger partial charge in [-0.25, -0.2) is 9.18 Å². The first-order valence-electron chi connectivity index (χ1n) is 7.11. The lowest BCUT2D eigenvalue weighted by Gasteiger charge is -2.26. The maximum absolute atomic E-state index is 13.7. The number of benzene rings is 1. The number of carboxylic acid groups (broad SMARTS) is 1. The molecular weight excluding hydrogens is 302 g/mol. The third kappa shape index (κ3) is 3.76. The molecule has 1 atom stereocenters. The van der Waals surface area contributed by atoms with E-state index in [-0.39, 0.29) is 5.82 Å². The number of aliphatic carboxylic acids is 1. The van der Waals surface area contributed by atoms with Crippen LogP contribution in [0.5, 0.6) is 0 Å². The van der Waals surface area contributed by atoms with Gasteiger partial charge in [0, 0.05) is 6.54 Å². The Morgan fingerprint density at radius 3 is 2.59 bits per heavy atom. The molecule has 1 heterocycles. The molecule has 1 aromatic rings. The topological polar surface area (TPSA) is 49.3 Å². The zero-order valence-corrected chi connectivity index (χ0v) is 11.8. The molecule has 22 heavy (non-hydrogen) atoms. The molecular formula is C15H17F4NO2. The van der Waals surface area contributed by atoms with Gasteiger partial charge < -0.3 is 10.4 Å². The van der Waals surface area contributed by atoms with E-state index in [0.717, 1.165) is 31.5 Å². The van der Waals surface area contributed by atoms with E-state index >= 15 is 0 Å². The van der Waals surface area contributed by atoms with Crippen LogP contribution in [-0.4, -0.2) is 23.8 Å². The first-order chi connectivity index (χ1) is 10.3. The second kappa shape index (κ2) is 6.64. The van der Waals surface area contributed by atoms with Crippen LogP contribution in [0, 0.1) is 5.82 Å². The van der Waals surface area contributed by atoms with Gasteiger partial charge in [-0.15, -0.1) is 0 Å². The smallest absolute Gasteiger partial charge is 0.475 e. The minimum Gasteiger partial charge on any atom is -0.475 e. The largest absolute Gasteiger partial charge is 0.490 e. The van der Waals surface area contributed by atoms with Crippen molar-refractivity contribution in [3.05, 3.63) is 34.6 Å². The molecule has 2 aliphatic rings. The Bertz CT molecular complexity index is 557. The zero-order chi connectivity index (χ0) is 16.3. The van der Waals surface area contributed by atoms with Gasteiger partial charge >= 0.3 is 12.1 Å². The van der Waals surface area contributed by atoms with Gasteiger partial charge in [-0.1, -0.05) is 6.07 Å². The van der Waals surface area contributed by atoms with Crippen molar-refractivity contribution >= 4 is 5.97 Å². The van der Waals surface area contributed by atoms with Crippen LogP contribution < -0.4 is 5.32 Å². The Morgan fingerprint density at radius 1 is 1.27 bits per heavy atom. The minimum atomic E-state index is -5.08. The molecule has 0 fully saturated rings. The lowest BCUT2D eigenvalue weighted by Crippen LogP contribution is -2.21. The van der Waals surface area contributed by atoms with E-state index in [9.17, 15) is 17.6 Å². The molecule has 0 amide bonds. The molecule has 7 heteroatoms. The van der Waals surface area contributed by atoms with Gasteiger partial charge in [-0.05, 0) is 60.9 Å². The summed E-state index contributed by atoms with van der Waals surface area (Å²) in [6.07, 6.45) is -0.585. The SMILES string of the molecule is Fc1ccc2c3c1CCCC3CCNC2.O=C(O)C(F)(F)F. The fourth-order valence-corrected chi connectivity index (χ4v) is 3.06. The number of hydrogen-bond acceptors (Lipinski definition) is 2. The molecule has 1 aliphatic heterocycles. The summed E-state index contributed by atoms with van der Waals surface area (Å²) in [5.74, 6) is -2.14. The fourth-order valence-electron chi connectivity index (χ4n) is 3.06. The van der Waals surface area contributed by atoms with Crippen LogP contribution in [0.15, 0.2) is 12.1 Å². The van der Waals surface area contributed by atoms with Crippen LogP contribution in [-0.2, 0) is 17.8 Å². The average Bonchev–Trinajstić information content (AvgIpc) is 2.66.